The summed E-state index contributed by atoms with van der Waals surface area (Å²) >= 11 is 7.75. The Morgan fingerprint density at radius 2 is 2.05 bits per heavy atom. The normalized spacial score (nSPS) is 22.1. The van der Waals surface area contributed by atoms with Crippen LogP contribution in [-0.4, -0.2) is 82.1 Å². The Labute approximate surface area is 249 Å². The van der Waals surface area contributed by atoms with Gasteiger partial charge in [0.15, 0.2) is 10.9 Å². The number of likely N-dealkylation sites (tertiary alicyclic amines) is 2. The number of benzene rings is 2. The number of likely N-dealkylation sites (N-methyl/N-ethyl adjacent to an activating group) is 1. The van der Waals surface area contributed by atoms with Crippen molar-refractivity contribution in [2.75, 3.05) is 43.9 Å². The molecule has 5 heterocycles. The lowest BCUT2D eigenvalue weighted by Gasteiger charge is -2.47. The van der Waals surface area contributed by atoms with E-state index in [-0.39, 0.29) is 61.5 Å². The lowest BCUT2D eigenvalue weighted by molar-refractivity contribution is -0.127. The number of fused-ring (bicyclic) bond motifs is 3. The summed E-state index contributed by atoms with van der Waals surface area (Å²) in [5.41, 5.74) is 6.52. The lowest BCUT2D eigenvalue weighted by Crippen LogP contribution is -2.63. The zero-order chi connectivity index (χ0) is 29.3. The van der Waals surface area contributed by atoms with E-state index >= 15 is 4.39 Å². The summed E-state index contributed by atoms with van der Waals surface area (Å²) in [6.45, 7) is 6.11. The number of nitrogens with two attached hydrogens (primary N) is 1. The second kappa shape index (κ2) is 10.3. The van der Waals surface area contributed by atoms with E-state index in [2.05, 4.69) is 26.3 Å². The molecular formula is C29H28ClF2N7O2S. The molecule has 0 aliphatic carbocycles. The van der Waals surface area contributed by atoms with Crippen molar-refractivity contribution in [1.29, 1.82) is 0 Å². The maximum Gasteiger partial charge on any atom is 0.319 e. The standard InChI is InChI=1S/C29H28ClF2N7O2S/c1-3-21(40)38-10-8-19-20(38)12-39(19)27-16-11-17(30)22(15-6-7-18(31)26-25(15)34-28(33)42-26)23(32)24(16)35-29(36-27)41-13-14-5-4-9-37(14)2/h3,6-7,11,14,19-20H,1,4-5,8-10,12-13H2,2H3,(H2,33,34). The van der Waals surface area contributed by atoms with Crippen LogP contribution in [0.5, 0.6) is 6.01 Å². The topological polar surface area (TPSA) is 101 Å². The highest BCUT2D eigenvalue weighted by Crippen LogP contribution is 2.45. The van der Waals surface area contributed by atoms with E-state index in [4.69, 9.17) is 27.1 Å². The molecule has 0 radical (unpaired) electrons. The maximum absolute atomic E-state index is 16.6. The van der Waals surface area contributed by atoms with E-state index in [0.29, 0.717) is 36.5 Å². The summed E-state index contributed by atoms with van der Waals surface area (Å²) in [6.07, 6.45) is 4.14. The number of rotatable bonds is 6. The van der Waals surface area contributed by atoms with Gasteiger partial charge in [-0.15, -0.1) is 0 Å². The molecule has 2 aromatic carbocycles. The molecule has 9 nitrogen and oxygen atoms in total. The molecule has 3 aliphatic heterocycles. The van der Waals surface area contributed by atoms with Crippen LogP contribution in [0.4, 0.5) is 19.7 Å². The number of amides is 1. The quantitative estimate of drug-likeness (QED) is 0.308. The number of carbonyl (C=O) groups excluding carboxylic acids is 1. The van der Waals surface area contributed by atoms with Crippen LogP contribution in [0.25, 0.3) is 32.2 Å². The number of hydrogen-bond donors (Lipinski definition) is 1. The molecule has 2 aromatic heterocycles. The van der Waals surface area contributed by atoms with Crippen molar-refractivity contribution >= 4 is 60.9 Å². The Morgan fingerprint density at radius 3 is 2.81 bits per heavy atom. The highest BCUT2D eigenvalue weighted by Gasteiger charge is 2.49. The molecule has 3 saturated heterocycles. The van der Waals surface area contributed by atoms with Gasteiger partial charge in [0.2, 0.25) is 5.91 Å². The van der Waals surface area contributed by atoms with Gasteiger partial charge in [-0.05, 0) is 57.1 Å². The highest BCUT2D eigenvalue weighted by atomic mass is 35.5. The first-order chi connectivity index (χ1) is 20.2. The van der Waals surface area contributed by atoms with Crippen LogP contribution in [0.1, 0.15) is 19.3 Å². The van der Waals surface area contributed by atoms with Crippen LogP contribution in [0, 0.1) is 11.6 Å². The first-order valence-corrected chi connectivity index (χ1v) is 15.0. The molecular weight excluding hydrogens is 584 g/mol. The third kappa shape index (κ3) is 4.26. The number of thiazole rings is 1. The number of nitrogens with zero attached hydrogens (tertiary/aromatic N) is 6. The molecule has 3 aliphatic rings. The van der Waals surface area contributed by atoms with Crippen molar-refractivity contribution in [3.05, 3.63) is 47.5 Å². The minimum Gasteiger partial charge on any atom is -0.462 e. The average Bonchev–Trinajstić information content (AvgIpc) is 3.65. The zero-order valence-electron chi connectivity index (χ0n) is 22.8. The summed E-state index contributed by atoms with van der Waals surface area (Å²) < 4.78 is 37.5. The van der Waals surface area contributed by atoms with Gasteiger partial charge in [-0.2, -0.15) is 9.97 Å². The SMILES string of the molecule is C=CC(=O)N1CCC2C1CN2c1nc(OCC2CCCN2C)nc2c(F)c(-c3ccc(F)c4sc(N)nc34)c(Cl)cc12. The predicted octanol–water partition coefficient (Wildman–Crippen LogP) is 4.87. The minimum atomic E-state index is -0.685. The van der Waals surface area contributed by atoms with Crippen LogP contribution in [0.15, 0.2) is 30.9 Å². The van der Waals surface area contributed by atoms with Crippen LogP contribution < -0.4 is 15.4 Å². The minimum absolute atomic E-state index is 0.0111. The first-order valence-electron chi connectivity index (χ1n) is 13.8. The van der Waals surface area contributed by atoms with Crippen LogP contribution in [0.2, 0.25) is 5.02 Å². The van der Waals surface area contributed by atoms with Crippen molar-refractivity contribution in [3.8, 4) is 17.1 Å². The number of carbonyl (C=O) groups is 1. The monoisotopic (exact) mass is 611 g/mol. The number of nitrogen functional groups attached to an aromatic ring is 1. The Morgan fingerprint density at radius 1 is 1.21 bits per heavy atom. The molecule has 0 bridgehead atoms. The number of ether oxygens (including phenoxy) is 1. The van der Waals surface area contributed by atoms with Crippen molar-refractivity contribution in [2.45, 2.75) is 37.4 Å². The molecule has 42 heavy (non-hydrogen) atoms. The number of halogens is 3. The van der Waals surface area contributed by atoms with Crippen molar-refractivity contribution in [2.24, 2.45) is 0 Å². The van der Waals surface area contributed by atoms with Crippen molar-refractivity contribution in [3.63, 3.8) is 0 Å². The van der Waals surface area contributed by atoms with E-state index in [1.807, 2.05) is 11.9 Å². The molecule has 2 N–H and O–H groups in total. The zero-order valence-corrected chi connectivity index (χ0v) is 24.4. The van der Waals surface area contributed by atoms with Gasteiger partial charge in [0.1, 0.15) is 23.8 Å². The molecule has 0 spiro atoms. The highest BCUT2D eigenvalue weighted by molar-refractivity contribution is 7.22. The molecule has 3 unspecified atom stereocenters. The second-order valence-corrected chi connectivity index (χ2v) is 12.4. The smallest absolute Gasteiger partial charge is 0.319 e. The molecule has 7 rings (SSSR count). The lowest BCUT2D eigenvalue weighted by atomic mass is 9.95. The van der Waals surface area contributed by atoms with Crippen molar-refractivity contribution < 1.29 is 18.3 Å². The summed E-state index contributed by atoms with van der Waals surface area (Å²) in [5.74, 6) is -0.786. The average molecular weight is 612 g/mol. The number of hydrogen-bond acceptors (Lipinski definition) is 9. The van der Waals surface area contributed by atoms with Crippen LogP contribution >= 0.6 is 22.9 Å². The fourth-order valence-corrected chi connectivity index (χ4v) is 7.56. The van der Waals surface area contributed by atoms with Gasteiger partial charge >= 0.3 is 6.01 Å². The molecule has 218 valence electrons. The Balaban J connectivity index is 1.35. The second-order valence-electron chi connectivity index (χ2n) is 11.0. The molecule has 3 fully saturated rings. The largest absolute Gasteiger partial charge is 0.462 e. The van der Waals surface area contributed by atoms with E-state index in [0.717, 1.165) is 37.1 Å². The fourth-order valence-electron chi connectivity index (χ4n) is 6.50. The third-order valence-electron chi connectivity index (χ3n) is 8.72. The predicted molar refractivity (Wildman–Crippen MR) is 160 cm³/mol. The fraction of sp³-hybridized carbons (Fsp3) is 0.379. The van der Waals surface area contributed by atoms with Gasteiger partial charge in [0, 0.05) is 35.6 Å². The summed E-state index contributed by atoms with van der Waals surface area (Å²) in [7, 11) is 2.05. The van der Waals surface area contributed by atoms with Crippen LogP contribution in [-0.2, 0) is 4.79 Å². The molecule has 4 aromatic rings. The third-order valence-corrected chi connectivity index (χ3v) is 9.92. The molecule has 13 heteroatoms. The molecule has 3 atom stereocenters. The molecule has 0 saturated carbocycles. The summed E-state index contributed by atoms with van der Waals surface area (Å²) in [5, 5.41) is 0.700. The van der Waals surface area contributed by atoms with Gasteiger partial charge in [-0.3, -0.25) is 4.79 Å². The van der Waals surface area contributed by atoms with Gasteiger partial charge < -0.3 is 25.2 Å². The number of anilines is 2. The molecule has 1 amide bonds. The Bertz CT molecular complexity index is 1770. The Kier molecular flexibility index (Phi) is 6.67. The first kappa shape index (κ1) is 27.2. The van der Waals surface area contributed by atoms with E-state index in [1.165, 1.54) is 18.2 Å². The van der Waals surface area contributed by atoms with E-state index in [1.54, 1.807) is 6.07 Å². The van der Waals surface area contributed by atoms with E-state index in [9.17, 15) is 9.18 Å². The van der Waals surface area contributed by atoms with E-state index < -0.39 is 11.6 Å². The number of aromatic nitrogens is 3. The van der Waals surface area contributed by atoms with Crippen molar-refractivity contribution in [1.82, 2.24) is 24.8 Å². The summed E-state index contributed by atoms with van der Waals surface area (Å²) in [6, 6.07) is 4.64. The van der Waals surface area contributed by atoms with Gasteiger partial charge in [0.25, 0.3) is 0 Å². The van der Waals surface area contributed by atoms with Gasteiger partial charge in [-0.25, -0.2) is 13.8 Å². The van der Waals surface area contributed by atoms with Gasteiger partial charge in [0.05, 0.1) is 27.3 Å². The maximum atomic E-state index is 16.6. The summed E-state index contributed by atoms with van der Waals surface area (Å²) in [4.78, 5) is 32.0. The van der Waals surface area contributed by atoms with Crippen LogP contribution in [0.3, 0.4) is 0 Å². The Hall–Kier alpha value is -3.61. The van der Waals surface area contributed by atoms with Gasteiger partial charge in [-0.1, -0.05) is 29.5 Å².